The minimum absolute atomic E-state index is 0.198. The summed E-state index contributed by atoms with van der Waals surface area (Å²) < 4.78 is 4.88. The van der Waals surface area contributed by atoms with Crippen molar-refractivity contribution in [3.8, 4) is 0 Å². The van der Waals surface area contributed by atoms with E-state index in [9.17, 15) is 4.79 Å². The molecule has 0 saturated carbocycles. The van der Waals surface area contributed by atoms with Crippen molar-refractivity contribution < 1.29 is 9.21 Å². The fourth-order valence-electron chi connectivity index (χ4n) is 1.21. The number of hydrogen-bond donors (Lipinski definition) is 3. The minimum Gasteiger partial charge on any atom is -0.472 e. The van der Waals surface area contributed by atoms with Crippen molar-refractivity contribution >= 4 is 11.7 Å². The number of carbonyl (C=O) groups is 1. The zero-order valence-corrected chi connectivity index (χ0v) is 8.88. The smallest absolute Gasteiger partial charge is 0.271 e. The molecule has 2 aromatic heterocycles. The Hall–Kier alpha value is -2.41. The summed E-state index contributed by atoms with van der Waals surface area (Å²) in [5.74, 6) is 5.18. The topological polar surface area (TPSA) is 106 Å². The van der Waals surface area contributed by atoms with Crippen molar-refractivity contribution in [3.63, 3.8) is 0 Å². The third-order valence-electron chi connectivity index (χ3n) is 2.05. The van der Waals surface area contributed by atoms with Gasteiger partial charge in [-0.25, -0.2) is 10.8 Å². The summed E-state index contributed by atoms with van der Waals surface area (Å²) >= 11 is 0. The average Bonchev–Trinajstić information content (AvgIpc) is 2.89. The Kier molecular flexibility index (Phi) is 3.31. The summed E-state index contributed by atoms with van der Waals surface area (Å²) in [6, 6.07) is 1.77. The van der Waals surface area contributed by atoms with E-state index in [2.05, 4.69) is 20.7 Å². The first-order valence-electron chi connectivity index (χ1n) is 4.87. The molecule has 4 N–H and O–H groups in total. The zero-order chi connectivity index (χ0) is 12.1. The van der Waals surface area contributed by atoms with Gasteiger partial charge in [-0.1, -0.05) is 0 Å². The molecule has 0 bridgehead atoms. The maximum absolute atomic E-state index is 11.7. The third-order valence-corrected chi connectivity index (χ3v) is 2.05. The summed E-state index contributed by atoms with van der Waals surface area (Å²) in [5.41, 5.74) is 3.40. The van der Waals surface area contributed by atoms with E-state index in [0.717, 1.165) is 5.56 Å². The van der Waals surface area contributed by atoms with Crippen LogP contribution in [0.5, 0.6) is 0 Å². The molecule has 2 rings (SSSR count). The van der Waals surface area contributed by atoms with Gasteiger partial charge in [-0.3, -0.25) is 9.78 Å². The van der Waals surface area contributed by atoms with Gasteiger partial charge < -0.3 is 15.2 Å². The van der Waals surface area contributed by atoms with Crippen molar-refractivity contribution in [1.29, 1.82) is 0 Å². The van der Waals surface area contributed by atoms with E-state index < -0.39 is 0 Å². The number of amides is 1. The van der Waals surface area contributed by atoms with Gasteiger partial charge in [0.1, 0.15) is 5.69 Å². The number of nitrogen functional groups attached to an aromatic ring is 1. The number of nitrogens with one attached hydrogen (secondary N) is 2. The predicted molar refractivity (Wildman–Crippen MR) is 59.7 cm³/mol. The van der Waals surface area contributed by atoms with Crippen molar-refractivity contribution in [2.45, 2.75) is 6.54 Å². The predicted octanol–water partition coefficient (Wildman–Crippen LogP) is 0.285. The zero-order valence-electron chi connectivity index (χ0n) is 8.88. The second-order valence-corrected chi connectivity index (χ2v) is 3.25. The van der Waals surface area contributed by atoms with Crippen LogP contribution in [0.15, 0.2) is 35.4 Å². The van der Waals surface area contributed by atoms with E-state index >= 15 is 0 Å². The second kappa shape index (κ2) is 5.08. The summed E-state index contributed by atoms with van der Waals surface area (Å²) in [7, 11) is 0. The van der Waals surface area contributed by atoms with Crippen LogP contribution < -0.4 is 16.6 Å². The molecule has 17 heavy (non-hydrogen) atoms. The van der Waals surface area contributed by atoms with E-state index in [1.807, 2.05) is 0 Å². The molecule has 1 amide bonds. The monoisotopic (exact) mass is 233 g/mol. The number of anilines is 1. The number of nitrogens with two attached hydrogens (primary N) is 1. The lowest BCUT2D eigenvalue weighted by molar-refractivity contribution is 0.0945. The largest absolute Gasteiger partial charge is 0.472 e. The summed E-state index contributed by atoms with van der Waals surface area (Å²) in [5, 5.41) is 2.68. The van der Waals surface area contributed by atoms with Gasteiger partial charge in [0, 0.05) is 12.1 Å². The number of nitrogens with zero attached hydrogens (tertiary/aromatic N) is 2. The highest BCUT2D eigenvalue weighted by Gasteiger charge is 2.08. The van der Waals surface area contributed by atoms with Crippen LogP contribution in [-0.4, -0.2) is 15.9 Å². The van der Waals surface area contributed by atoms with Crippen molar-refractivity contribution in [2.24, 2.45) is 5.84 Å². The number of rotatable bonds is 4. The lowest BCUT2D eigenvalue weighted by Crippen LogP contribution is -2.24. The highest BCUT2D eigenvalue weighted by atomic mass is 16.3. The van der Waals surface area contributed by atoms with Gasteiger partial charge in [-0.2, -0.15) is 0 Å². The Labute approximate surface area is 97.0 Å². The normalized spacial score (nSPS) is 9.94. The Balaban J connectivity index is 1.99. The molecular weight excluding hydrogens is 222 g/mol. The Morgan fingerprint density at radius 3 is 3.06 bits per heavy atom. The number of carbonyl (C=O) groups excluding carboxylic acids is 1. The second-order valence-electron chi connectivity index (χ2n) is 3.25. The lowest BCUT2D eigenvalue weighted by atomic mass is 10.3. The van der Waals surface area contributed by atoms with E-state index in [-0.39, 0.29) is 11.6 Å². The summed E-state index contributed by atoms with van der Waals surface area (Å²) in [6.07, 6.45) is 5.89. The molecule has 2 heterocycles. The molecule has 0 spiro atoms. The van der Waals surface area contributed by atoms with Crippen LogP contribution in [0.25, 0.3) is 0 Å². The minimum atomic E-state index is -0.323. The highest BCUT2D eigenvalue weighted by molar-refractivity contribution is 5.92. The van der Waals surface area contributed by atoms with Crippen LogP contribution in [0.1, 0.15) is 16.1 Å². The number of hydrazine groups is 1. The first kappa shape index (κ1) is 11.1. The van der Waals surface area contributed by atoms with E-state index in [4.69, 9.17) is 10.3 Å². The van der Waals surface area contributed by atoms with Crippen LogP contribution in [-0.2, 0) is 6.54 Å². The molecule has 88 valence electrons. The molecule has 0 unspecified atom stereocenters. The van der Waals surface area contributed by atoms with E-state index in [1.54, 1.807) is 18.6 Å². The standard InChI is InChI=1S/C10H11N5O2/c11-15-9-5-12-4-8(14-9)10(16)13-3-7-1-2-17-6-7/h1-2,4-6H,3,11H2,(H,13,16)(H,14,15). The van der Waals surface area contributed by atoms with Gasteiger partial charge in [0.25, 0.3) is 5.91 Å². The fourth-order valence-corrected chi connectivity index (χ4v) is 1.21. The van der Waals surface area contributed by atoms with Gasteiger partial charge in [0.15, 0.2) is 5.82 Å². The number of aromatic nitrogens is 2. The molecule has 0 fully saturated rings. The van der Waals surface area contributed by atoms with E-state index in [0.29, 0.717) is 12.4 Å². The van der Waals surface area contributed by atoms with Crippen molar-refractivity contribution in [1.82, 2.24) is 15.3 Å². The maximum Gasteiger partial charge on any atom is 0.271 e. The molecule has 0 aliphatic rings. The maximum atomic E-state index is 11.7. The van der Waals surface area contributed by atoms with E-state index in [1.165, 1.54) is 12.4 Å². The summed E-state index contributed by atoms with van der Waals surface area (Å²) in [6.45, 7) is 0.372. The van der Waals surface area contributed by atoms with Gasteiger partial charge in [0.05, 0.1) is 24.9 Å². The van der Waals surface area contributed by atoms with Crippen molar-refractivity contribution in [3.05, 3.63) is 42.2 Å². The van der Waals surface area contributed by atoms with Crippen LogP contribution in [0.3, 0.4) is 0 Å². The lowest BCUT2D eigenvalue weighted by Gasteiger charge is -2.04. The average molecular weight is 233 g/mol. The molecule has 0 saturated heterocycles. The SMILES string of the molecule is NNc1cncc(C(=O)NCc2ccoc2)n1. The highest BCUT2D eigenvalue weighted by Crippen LogP contribution is 2.02. The third kappa shape index (κ3) is 2.79. The summed E-state index contributed by atoms with van der Waals surface area (Å²) in [4.78, 5) is 19.5. The number of furan rings is 1. The first-order chi connectivity index (χ1) is 8.29. The first-order valence-corrected chi connectivity index (χ1v) is 4.87. The van der Waals surface area contributed by atoms with Gasteiger partial charge in [0.2, 0.25) is 0 Å². The molecule has 0 aliphatic heterocycles. The number of hydrogen-bond acceptors (Lipinski definition) is 6. The molecule has 7 heteroatoms. The van der Waals surface area contributed by atoms with Crippen LogP contribution in [0, 0.1) is 0 Å². The van der Waals surface area contributed by atoms with Crippen LogP contribution in [0.4, 0.5) is 5.82 Å². The van der Waals surface area contributed by atoms with Crippen LogP contribution >= 0.6 is 0 Å². The van der Waals surface area contributed by atoms with Gasteiger partial charge in [-0.05, 0) is 6.07 Å². The molecular formula is C10H11N5O2. The quantitative estimate of drug-likeness (QED) is 0.517. The molecule has 0 radical (unpaired) electrons. The fraction of sp³-hybridized carbons (Fsp3) is 0.100. The Morgan fingerprint density at radius 2 is 2.35 bits per heavy atom. The molecule has 2 aromatic rings. The molecule has 0 aliphatic carbocycles. The molecule has 0 atom stereocenters. The van der Waals surface area contributed by atoms with Gasteiger partial charge >= 0.3 is 0 Å². The Morgan fingerprint density at radius 1 is 1.47 bits per heavy atom. The van der Waals surface area contributed by atoms with Gasteiger partial charge in [-0.15, -0.1) is 0 Å². The van der Waals surface area contributed by atoms with Crippen LogP contribution in [0.2, 0.25) is 0 Å². The molecule has 7 nitrogen and oxygen atoms in total. The Bertz CT molecular complexity index is 497. The van der Waals surface area contributed by atoms with Crippen molar-refractivity contribution in [2.75, 3.05) is 5.43 Å². The molecule has 0 aromatic carbocycles.